The van der Waals surface area contributed by atoms with Gasteiger partial charge in [-0.15, -0.1) is 0 Å². The van der Waals surface area contributed by atoms with Crippen molar-refractivity contribution in [2.24, 2.45) is 0 Å². The van der Waals surface area contributed by atoms with Crippen LogP contribution in [0.4, 0.5) is 5.69 Å². The number of nitro benzene ring substituents is 1. The predicted octanol–water partition coefficient (Wildman–Crippen LogP) is 1.88. The molecular formula is C14H20N2O5. The van der Waals surface area contributed by atoms with Crippen molar-refractivity contribution in [3.63, 3.8) is 0 Å². The van der Waals surface area contributed by atoms with Crippen LogP contribution in [0.3, 0.4) is 0 Å². The lowest BCUT2D eigenvalue weighted by Crippen LogP contribution is -2.51. The molecule has 2 N–H and O–H groups in total. The molecule has 0 saturated heterocycles. The van der Waals surface area contributed by atoms with Crippen molar-refractivity contribution in [3.05, 3.63) is 33.9 Å². The van der Waals surface area contributed by atoms with E-state index in [0.29, 0.717) is 0 Å². The van der Waals surface area contributed by atoms with Crippen molar-refractivity contribution in [3.8, 4) is 5.75 Å². The number of rotatable bonds is 6. The summed E-state index contributed by atoms with van der Waals surface area (Å²) in [5.41, 5.74) is -1.40. The maximum atomic E-state index is 12.4. The average molecular weight is 296 g/mol. The van der Waals surface area contributed by atoms with E-state index in [1.807, 2.05) is 0 Å². The quantitative estimate of drug-likeness (QED) is 0.616. The molecule has 0 aliphatic heterocycles. The summed E-state index contributed by atoms with van der Waals surface area (Å²) in [4.78, 5) is 22.8. The number of nitro groups is 1. The van der Waals surface area contributed by atoms with E-state index in [0.717, 1.165) is 0 Å². The summed E-state index contributed by atoms with van der Waals surface area (Å²) in [6.07, 6.45) is -0.820. The number of amides is 1. The Morgan fingerprint density at radius 2 is 2.14 bits per heavy atom. The fourth-order valence-corrected chi connectivity index (χ4v) is 1.64. The number of aliphatic hydroxyl groups excluding tert-OH is 1. The van der Waals surface area contributed by atoms with Crippen LogP contribution in [-0.4, -0.2) is 34.2 Å². The molecule has 0 fully saturated rings. The summed E-state index contributed by atoms with van der Waals surface area (Å²) < 4.78 is 5.30. The zero-order chi connectivity index (χ0) is 16.2. The van der Waals surface area contributed by atoms with Crippen molar-refractivity contribution in [2.75, 3.05) is 6.61 Å². The predicted molar refractivity (Wildman–Crippen MR) is 77.5 cm³/mol. The monoisotopic (exact) mass is 296 g/mol. The molecule has 0 saturated carbocycles. The van der Waals surface area contributed by atoms with Gasteiger partial charge in [-0.05, 0) is 33.8 Å². The second kappa shape index (κ2) is 6.53. The molecule has 1 aromatic rings. The Morgan fingerprint density at radius 1 is 1.52 bits per heavy atom. The number of nitrogens with one attached hydrogen (secondary N) is 1. The number of nitrogens with zero attached hydrogens (tertiary/aromatic N) is 1. The van der Waals surface area contributed by atoms with E-state index >= 15 is 0 Å². The number of ether oxygens (including phenoxy) is 1. The van der Waals surface area contributed by atoms with Crippen molar-refractivity contribution < 1.29 is 19.6 Å². The molecule has 1 aromatic carbocycles. The van der Waals surface area contributed by atoms with Crippen molar-refractivity contribution in [1.82, 2.24) is 5.32 Å². The zero-order valence-corrected chi connectivity index (χ0v) is 12.5. The normalized spacial score (nSPS) is 12.6. The van der Waals surface area contributed by atoms with Crippen LogP contribution in [0.2, 0.25) is 0 Å². The molecule has 7 heteroatoms. The SMILES string of the molecule is CCOc1cccc([N+](=O)[O-])c1C(=O)NC(C)(C)C(C)O. The van der Waals surface area contributed by atoms with Crippen LogP contribution in [0.15, 0.2) is 18.2 Å². The molecule has 7 nitrogen and oxygen atoms in total. The maximum absolute atomic E-state index is 12.4. The third-order valence-electron chi connectivity index (χ3n) is 3.21. The first kappa shape index (κ1) is 16.9. The van der Waals surface area contributed by atoms with Gasteiger partial charge in [0.1, 0.15) is 5.75 Å². The Labute approximate surface area is 123 Å². The van der Waals surface area contributed by atoms with E-state index in [4.69, 9.17) is 4.74 Å². The topological polar surface area (TPSA) is 102 Å². The highest BCUT2D eigenvalue weighted by molar-refractivity contribution is 6.01. The second-order valence-electron chi connectivity index (χ2n) is 5.19. The average Bonchev–Trinajstić information content (AvgIpc) is 2.37. The highest BCUT2D eigenvalue weighted by Crippen LogP contribution is 2.29. The van der Waals surface area contributed by atoms with Crippen LogP contribution in [-0.2, 0) is 0 Å². The lowest BCUT2D eigenvalue weighted by Gasteiger charge is -2.29. The molecule has 1 atom stereocenters. The van der Waals surface area contributed by atoms with Crippen LogP contribution < -0.4 is 10.1 Å². The van der Waals surface area contributed by atoms with Gasteiger partial charge in [0.05, 0.1) is 23.2 Å². The molecule has 1 unspecified atom stereocenters. The van der Waals surface area contributed by atoms with Gasteiger partial charge in [0.2, 0.25) is 0 Å². The lowest BCUT2D eigenvalue weighted by atomic mass is 9.97. The van der Waals surface area contributed by atoms with E-state index in [9.17, 15) is 20.0 Å². The molecule has 0 aliphatic carbocycles. The molecule has 0 aliphatic rings. The van der Waals surface area contributed by atoms with Gasteiger partial charge in [-0.3, -0.25) is 14.9 Å². The molecule has 0 bridgehead atoms. The first-order valence-electron chi connectivity index (χ1n) is 6.61. The van der Waals surface area contributed by atoms with E-state index < -0.39 is 22.5 Å². The number of hydrogen-bond donors (Lipinski definition) is 2. The van der Waals surface area contributed by atoms with Crippen LogP contribution in [0, 0.1) is 10.1 Å². The lowest BCUT2D eigenvalue weighted by molar-refractivity contribution is -0.385. The van der Waals surface area contributed by atoms with E-state index in [1.54, 1.807) is 20.8 Å². The van der Waals surface area contributed by atoms with Gasteiger partial charge in [0, 0.05) is 6.07 Å². The van der Waals surface area contributed by atoms with Gasteiger partial charge in [-0.1, -0.05) is 6.07 Å². The largest absolute Gasteiger partial charge is 0.493 e. The molecule has 21 heavy (non-hydrogen) atoms. The van der Waals surface area contributed by atoms with Crippen molar-refractivity contribution in [2.45, 2.75) is 39.3 Å². The maximum Gasteiger partial charge on any atom is 0.285 e. The molecular weight excluding hydrogens is 276 g/mol. The number of hydrogen-bond acceptors (Lipinski definition) is 5. The highest BCUT2D eigenvalue weighted by Gasteiger charge is 2.31. The summed E-state index contributed by atoms with van der Waals surface area (Å²) in [6, 6.07) is 4.20. The van der Waals surface area contributed by atoms with Gasteiger partial charge in [-0.2, -0.15) is 0 Å². The van der Waals surface area contributed by atoms with Gasteiger partial charge in [-0.25, -0.2) is 0 Å². The van der Waals surface area contributed by atoms with Crippen molar-refractivity contribution in [1.29, 1.82) is 0 Å². The number of aliphatic hydroxyl groups is 1. The zero-order valence-electron chi connectivity index (χ0n) is 12.5. The minimum atomic E-state index is -0.926. The van der Waals surface area contributed by atoms with E-state index in [2.05, 4.69) is 5.32 Å². The van der Waals surface area contributed by atoms with Crippen molar-refractivity contribution >= 4 is 11.6 Å². The summed E-state index contributed by atoms with van der Waals surface area (Å²) >= 11 is 0. The Bertz CT molecular complexity index is 540. The van der Waals surface area contributed by atoms with Gasteiger partial charge in [0.25, 0.3) is 11.6 Å². The van der Waals surface area contributed by atoms with Crippen LogP contribution in [0.5, 0.6) is 5.75 Å². The Hall–Kier alpha value is -2.15. The molecule has 0 spiro atoms. The number of benzene rings is 1. The molecule has 0 heterocycles. The summed E-state index contributed by atoms with van der Waals surface area (Å²) in [7, 11) is 0. The number of carbonyl (C=O) groups is 1. The Balaban J connectivity index is 3.26. The van der Waals surface area contributed by atoms with E-state index in [-0.39, 0.29) is 23.6 Å². The number of carbonyl (C=O) groups excluding carboxylic acids is 1. The summed E-state index contributed by atoms with van der Waals surface area (Å²) in [5, 5.41) is 23.3. The highest BCUT2D eigenvalue weighted by atomic mass is 16.6. The summed E-state index contributed by atoms with van der Waals surface area (Å²) in [5.74, 6) is -0.512. The minimum absolute atomic E-state index is 0.141. The van der Waals surface area contributed by atoms with Gasteiger partial charge < -0.3 is 15.2 Å². The summed E-state index contributed by atoms with van der Waals surface area (Å²) in [6.45, 7) is 6.79. The third-order valence-corrected chi connectivity index (χ3v) is 3.21. The smallest absolute Gasteiger partial charge is 0.285 e. The first-order valence-corrected chi connectivity index (χ1v) is 6.61. The fraction of sp³-hybridized carbons (Fsp3) is 0.500. The molecule has 0 aromatic heterocycles. The molecule has 1 rings (SSSR count). The molecule has 116 valence electrons. The molecule has 1 amide bonds. The fourth-order valence-electron chi connectivity index (χ4n) is 1.64. The Morgan fingerprint density at radius 3 is 2.62 bits per heavy atom. The van der Waals surface area contributed by atoms with Crippen LogP contribution >= 0.6 is 0 Å². The van der Waals surface area contributed by atoms with Crippen LogP contribution in [0.1, 0.15) is 38.1 Å². The van der Waals surface area contributed by atoms with E-state index in [1.165, 1.54) is 25.1 Å². The van der Waals surface area contributed by atoms with Crippen LogP contribution in [0.25, 0.3) is 0 Å². The minimum Gasteiger partial charge on any atom is -0.493 e. The third kappa shape index (κ3) is 3.91. The van der Waals surface area contributed by atoms with Gasteiger partial charge in [0.15, 0.2) is 5.56 Å². The molecule has 0 radical (unpaired) electrons. The standard InChI is InChI=1S/C14H20N2O5/c1-5-21-11-8-6-7-10(16(19)20)12(11)13(18)15-14(3,4)9(2)17/h6-9,17H,5H2,1-4H3,(H,15,18). The second-order valence-corrected chi connectivity index (χ2v) is 5.19. The van der Waals surface area contributed by atoms with Gasteiger partial charge >= 0.3 is 0 Å². The first-order chi connectivity index (χ1) is 9.70. The Kier molecular flexibility index (Phi) is 5.26.